The molecule has 3 nitrogen and oxygen atoms in total. The van der Waals surface area contributed by atoms with Crippen LogP contribution in [0.25, 0.3) is 5.69 Å². The normalized spacial score (nSPS) is 12.8. The molecule has 0 bridgehead atoms. The molecule has 0 aliphatic rings. The maximum absolute atomic E-state index is 6.16. The number of rotatable bonds is 2. The van der Waals surface area contributed by atoms with Crippen LogP contribution in [0, 0.1) is 20.8 Å². The number of halogens is 1. The van der Waals surface area contributed by atoms with Crippen LogP contribution in [-0.2, 0) is 0 Å². The predicted octanol–water partition coefficient (Wildman–Crippen LogP) is 3.47. The highest BCUT2D eigenvalue weighted by molar-refractivity contribution is 6.31. The third-order valence-electron chi connectivity index (χ3n) is 3.20. The first kappa shape index (κ1) is 13.1. The van der Waals surface area contributed by atoms with Crippen LogP contribution < -0.4 is 5.73 Å². The van der Waals surface area contributed by atoms with Gasteiger partial charge in [-0.2, -0.15) is 5.10 Å². The van der Waals surface area contributed by atoms with Crippen LogP contribution >= 0.6 is 11.6 Å². The van der Waals surface area contributed by atoms with Gasteiger partial charge in [0, 0.05) is 22.3 Å². The van der Waals surface area contributed by atoms with Gasteiger partial charge in [0.1, 0.15) is 0 Å². The number of hydrogen-bond donors (Lipinski definition) is 1. The van der Waals surface area contributed by atoms with Crippen molar-refractivity contribution in [3.05, 3.63) is 45.7 Å². The van der Waals surface area contributed by atoms with Crippen molar-refractivity contribution >= 4 is 11.6 Å². The molecule has 2 N–H and O–H groups in total. The first-order chi connectivity index (χ1) is 8.41. The molecule has 0 aliphatic carbocycles. The Balaban J connectivity index is 2.58. The van der Waals surface area contributed by atoms with Crippen molar-refractivity contribution in [1.29, 1.82) is 0 Å². The third-order valence-corrected chi connectivity index (χ3v) is 3.61. The van der Waals surface area contributed by atoms with Gasteiger partial charge >= 0.3 is 0 Å². The second-order valence-corrected chi connectivity index (χ2v) is 5.13. The lowest BCUT2D eigenvalue weighted by molar-refractivity contribution is 0.795. The second kappa shape index (κ2) is 4.75. The van der Waals surface area contributed by atoms with Gasteiger partial charge in [-0.15, -0.1) is 0 Å². The molecular weight excluding hydrogens is 246 g/mol. The predicted molar refractivity (Wildman–Crippen MR) is 75.4 cm³/mol. The maximum atomic E-state index is 6.16. The van der Waals surface area contributed by atoms with Crippen LogP contribution in [0.3, 0.4) is 0 Å². The first-order valence-electron chi connectivity index (χ1n) is 6.00. The van der Waals surface area contributed by atoms with Crippen molar-refractivity contribution in [2.45, 2.75) is 33.7 Å². The van der Waals surface area contributed by atoms with Gasteiger partial charge in [-0.05, 0) is 45.4 Å². The zero-order valence-corrected chi connectivity index (χ0v) is 11.9. The molecule has 0 saturated heterocycles. The number of benzene rings is 1. The summed E-state index contributed by atoms with van der Waals surface area (Å²) in [4.78, 5) is 0. The average Bonchev–Trinajstić information content (AvgIpc) is 2.58. The third kappa shape index (κ3) is 2.16. The molecule has 2 rings (SSSR count). The van der Waals surface area contributed by atoms with Gasteiger partial charge in [0.05, 0.1) is 11.4 Å². The largest absolute Gasteiger partial charge is 0.324 e. The average molecular weight is 264 g/mol. The lowest BCUT2D eigenvalue weighted by Crippen LogP contribution is -2.08. The van der Waals surface area contributed by atoms with E-state index >= 15 is 0 Å². The van der Waals surface area contributed by atoms with Gasteiger partial charge in [0.2, 0.25) is 0 Å². The Hall–Kier alpha value is -1.32. The molecule has 0 aliphatic heterocycles. The van der Waals surface area contributed by atoms with Crippen molar-refractivity contribution < 1.29 is 0 Å². The van der Waals surface area contributed by atoms with Crippen LogP contribution in [0.15, 0.2) is 18.2 Å². The Morgan fingerprint density at radius 2 is 1.94 bits per heavy atom. The molecule has 1 unspecified atom stereocenters. The first-order valence-corrected chi connectivity index (χ1v) is 6.38. The van der Waals surface area contributed by atoms with E-state index in [1.165, 1.54) is 0 Å². The van der Waals surface area contributed by atoms with Gasteiger partial charge in [-0.1, -0.05) is 17.7 Å². The van der Waals surface area contributed by atoms with Crippen LogP contribution in [0.5, 0.6) is 0 Å². The Bertz CT molecular complexity index is 585. The second-order valence-electron chi connectivity index (χ2n) is 4.72. The Morgan fingerprint density at radius 1 is 1.28 bits per heavy atom. The van der Waals surface area contributed by atoms with Gasteiger partial charge in [-0.3, -0.25) is 0 Å². The van der Waals surface area contributed by atoms with E-state index in [1.807, 2.05) is 50.6 Å². The van der Waals surface area contributed by atoms with Gasteiger partial charge < -0.3 is 5.73 Å². The van der Waals surface area contributed by atoms with Crippen LogP contribution in [-0.4, -0.2) is 9.78 Å². The number of aromatic nitrogens is 2. The van der Waals surface area contributed by atoms with Gasteiger partial charge in [0.15, 0.2) is 0 Å². The van der Waals surface area contributed by atoms with Gasteiger partial charge in [0.25, 0.3) is 0 Å². The standard InChI is InChI=1S/C14H18ClN3/c1-8-5-6-12(7-13(8)15)18-11(4)14(9(2)16)10(3)17-18/h5-7,9H,16H2,1-4H3. The summed E-state index contributed by atoms with van der Waals surface area (Å²) in [5.74, 6) is 0. The molecule has 0 spiro atoms. The molecule has 0 fully saturated rings. The summed E-state index contributed by atoms with van der Waals surface area (Å²) in [6, 6.07) is 5.94. The van der Waals surface area contributed by atoms with E-state index in [0.29, 0.717) is 0 Å². The summed E-state index contributed by atoms with van der Waals surface area (Å²) in [6.07, 6.45) is 0. The molecule has 1 atom stereocenters. The number of aryl methyl sites for hydroxylation is 2. The molecule has 1 aromatic carbocycles. The molecule has 4 heteroatoms. The number of hydrogen-bond acceptors (Lipinski definition) is 2. The van der Waals surface area contributed by atoms with Crippen molar-refractivity contribution in [2.24, 2.45) is 5.73 Å². The molecule has 2 aromatic rings. The lowest BCUT2D eigenvalue weighted by atomic mass is 10.1. The van der Waals surface area contributed by atoms with E-state index in [-0.39, 0.29) is 6.04 Å². The minimum atomic E-state index is -0.0142. The van der Waals surface area contributed by atoms with Crippen LogP contribution in [0.1, 0.15) is 35.5 Å². The lowest BCUT2D eigenvalue weighted by Gasteiger charge is -2.08. The van der Waals surface area contributed by atoms with Crippen molar-refractivity contribution in [3.8, 4) is 5.69 Å². The smallest absolute Gasteiger partial charge is 0.0663 e. The molecule has 18 heavy (non-hydrogen) atoms. The minimum absolute atomic E-state index is 0.0142. The van der Waals surface area contributed by atoms with E-state index in [4.69, 9.17) is 17.3 Å². The SMILES string of the molecule is Cc1ccc(-n2nc(C)c(C(C)N)c2C)cc1Cl. The quantitative estimate of drug-likeness (QED) is 0.902. The number of nitrogens with two attached hydrogens (primary N) is 1. The van der Waals surface area contributed by atoms with Crippen molar-refractivity contribution in [1.82, 2.24) is 9.78 Å². The molecule has 1 aromatic heterocycles. The van der Waals surface area contributed by atoms with E-state index in [0.717, 1.165) is 33.2 Å². The molecule has 0 saturated carbocycles. The summed E-state index contributed by atoms with van der Waals surface area (Å²) < 4.78 is 1.90. The van der Waals surface area contributed by atoms with Crippen molar-refractivity contribution in [3.63, 3.8) is 0 Å². The Kier molecular flexibility index (Phi) is 3.46. The Morgan fingerprint density at radius 3 is 2.44 bits per heavy atom. The highest BCUT2D eigenvalue weighted by atomic mass is 35.5. The molecule has 0 radical (unpaired) electrons. The molecule has 96 valence electrons. The van der Waals surface area contributed by atoms with Crippen LogP contribution in [0.2, 0.25) is 5.02 Å². The highest BCUT2D eigenvalue weighted by Gasteiger charge is 2.15. The maximum Gasteiger partial charge on any atom is 0.0663 e. The zero-order valence-electron chi connectivity index (χ0n) is 11.2. The summed E-state index contributed by atoms with van der Waals surface area (Å²) in [7, 11) is 0. The summed E-state index contributed by atoms with van der Waals surface area (Å²) >= 11 is 6.16. The molecular formula is C14H18ClN3. The molecule has 1 heterocycles. The number of nitrogens with zero attached hydrogens (tertiary/aromatic N) is 2. The minimum Gasteiger partial charge on any atom is -0.324 e. The van der Waals surface area contributed by atoms with E-state index in [9.17, 15) is 0 Å². The van der Waals surface area contributed by atoms with Crippen molar-refractivity contribution in [2.75, 3.05) is 0 Å². The zero-order chi connectivity index (χ0) is 13.4. The fourth-order valence-electron chi connectivity index (χ4n) is 2.28. The molecule has 0 amide bonds. The Labute approximate surface area is 113 Å². The van der Waals surface area contributed by atoms with Gasteiger partial charge in [-0.25, -0.2) is 4.68 Å². The summed E-state index contributed by atoms with van der Waals surface area (Å²) in [5.41, 5.74) is 11.2. The van der Waals surface area contributed by atoms with E-state index in [2.05, 4.69) is 5.10 Å². The summed E-state index contributed by atoms with van der Waals surface area (Å²) in [6.45, 7) is 7.98. The summed E-state index contributed by atoms with van der Waals surface area (Å²) in [5, 5.41) is 5.30. The van der Waals surface area contributed by atoms with E-state index < -0.39 is 0 Å². The van der Waals surface area contributed by atoms with Crippen LogP contribution in [0.4, 0.5) is 0 Å². The highest BCUT2D eigenvalue weighted by Crippen LogP contribution is 2.25. The van der Waals surface area contributed by atoms with E-state index in [1.54, 1.807) is 0 Å². The topological polar surface area (TPSA) is 43.8 Å². The fourth-order valence-corrected chi connectivity index (χ4v) is 2.45. The fraction of sp³-hybridized carbons (Fsp3) is 0.357. The monoisotopic (exact) mass is 263 g/mol.